The van der Waals surface area contributed by atoms with Crippen LogP contribution >= 0.6 is 15.6 Å². The highest BCUT2D eigenvalue weighted by molar-refractivity contribution is 7.47. The van der Waals surface area contributed by atoms with E-state index in [2.05, 4.69) is 149 Å². The van der Waals surface area contributed by atoms with Crippen molar-refractivity contribution in [3.63, 3.8) is 0 Å². The summed E-state index contributed by atoms with van der Waals surface area (Å²) >= 11 is 0. The molecule has 3 N–H and O–H groups in total. The molecule has 0 saturated heterocycles. The molecule has 562 valence electrons. The maximum atomic E-state index is 13.1. The van der Waals surface area contributed by atoms with Gasteiger partial charge in [-0.25, -0.2) is 9.13 Å². The van der Waals surface area contributed by atoms with Crippen molar-refractivity contribution >= 4 is 39.5 Å². The number of aliphatic hydroxyl groups is 1. The number of aliphatic hydroxyl groups excluding tert-OH is 1. The Morgan fingerprint density at radius 1 is 0.296 bits per heavy atom. The molecule has 5 unspecified atom stereocenters. The highest BCUT2D eigenvalue weighted by Gasteiger charge is 2.30. The van der Waals surface area contributed by atoms with E-state index in [1.807, 2.05) is 0 Å². The fourth-order valence-electron chi connectivity index (χ4n) is 9.67. The topological polar surface area (TPSA) is 237 Å². The molecule has 17 nitrogen and oxygen atoms in total. The third kappa shape index (κ3) is 69.9. The molecule has 0 aliphatic rings. The number of phosphoric ester groups is 2. The number of hydrogen-bond donors (Lipinski definition) is 3. The zero-order chi connectivity index (χ0) is 71.8. The fourth-order valence-corrected chi connectivity index (χ4v) is 11.2. The quantitative estimate of drug-likeness (QED) is 0.0169. The van der Waals surface area contributed by atoms with E-state index in [9.17, 15) is 43.2 Å². The zero-order valence-corrected chi connectivity index (χ0v) is 63.0. The number of phosphoric acid groups is 2. The lowest BCUT2D eigenvalue weighted by atomic mass is 10.1. The van der Waals surface area contributed by atoms with Gasteiger partial charge in [-0.1, -0.05) is 246 Å². The Hall–Kier alpha value is -4.54. The lowest BCUT2D eigenvalue weighted by Crippen LogP contribution is -2.30. The van der Waals surface area contributed by atoms with Gasteiger partial charge in [-0.15, -0.1) is 0 Å². The Bertz CT molecular complexity index is 2340. The predicted octanol–water partition coefficient (Wildman–Crippen LogP) is 21.6. The average Bonchev–Trinajstić information content (AvgIpc) is 0.971. The summed E-state index contributed by atoms with van der Waals surface area (Å²) in [5.41, 5.74) is 0. The summed E-state index contributed by atoms with van der Waals surface area (Å²) in [5, 5.41) is 10.6. The molecule has 0 amide bonds. The van der Waals surface area contributed by atoms with Crippen LogP contribution in [0.25, 0.3) is 0 Å². The summed E-state index contributed by atoms with van der Waals surface area (Å²) in [4.78, 5) is 72.8. The van der Waals surface area contributed by atoms with E-state index >= 15 is 0 Å². The monoisotopic (exact) mass is 1420 g/mol. The number of unbranched alkanes of at least 4 members (excludes halogenated alkanes) is 24. The molecule has 0 aliphatic heterocycles. The number of hydrogen-bond acceptors (Lipinski definition) is 15. The first kappa shape index (κ1) is 93.5. The van der Waals surface area contributed by atoms with Crippen LogP contribution in [0.4, 0.5) is 0 Å². The molecular formula is C79H134O17P2. The standard InChI is InChI=1S/C79H134O17P2/c1-5-9-13-17-21-25-29-33-35-36-38-42-44-48-52-56-60-64-77(82)90-70-75(96-79(84)66-62-58-54-50-46-40-32-28-24-20-16-12-8-4)72-94-98(87,88)92-68-73(80)67-91-97(85,86)93-71-74(95-78(83)65-61-57-53-49-45-39-31-27-23-19-15-11-7-3)69-89-76(81)63-59-55-51-47-43-41-37-34-30-26-22-18-14-10-6-2/h9-10,13-15,19,21-22,25-28,31-35,37,43,47,73-75,80H,5-8,11-12,16-18,20,23-24,29-30,36,38-42,44-46,48-72H2,1-4H3,(H,85,86)(H,87,88)/b13-9-,14-10-,19-15-,25-21-,26-22-,31-27-,32-28-,35-33-,37-34-,47-43-. The van der Waals surface area contributed by atoms with Crippen molar-refractivity contribution in [3.8, 4) is 0 Å². The van der Waals surface area contributed by atoms with Crippen molar-refractivity contribution in [1.82, 2.24) is 0 Å². The molecule has 0 aliphatic carbocycles. The number of rotatable bonds is 70. The van der Waals surface area contributed by atoms with Crippen LogP contribution in [0, 0.1) is 0 Å². The van der Waals surface area contributed by atoms with Gasteiger partial charge in [0.1, 0.15) is 19.3 Å². The molecule has 0 heterocycles. The molecule has 0 saturated carbocycles. The van der Waals surface area contributed by atoms with Crippen molar-refractivity contribution in [3.05, 3.63) is 122 Å². The first-order valence-electron chi connectivity index (χ1n) is 37.8. The molecule has 0 aromatic rings. The number of ether oxygens (including phenoxy) is 4. The lowest BCUT2D eigenvalue weighted by molar-refractivity contribution is -0.161. The Morgan fingerprint density at radius 2 is 0.551 bits per heavy atom. The smallest absolute Gasteiger partial charge is 0.462 e. The van der Waals surface area contributed by atoms with Gasteiger partial charge in [0.2, 0.25) is 0 Å². The van der Waals surface area contributed by atoms with E-state index in [1.54, 1.807) is 0 Å². The molecule has 0 spiro atoms. The zero-order valence-electron chi connectivity index (χ0n) is 61.2. The van der Waals surface area contributed by atoms with E-state index in [1.165, 1.54) is 25.7 Å². The van der Waals surface area contributed by atoms with Crippen molar-refractivity contribution in [2.75, 3.05) is 39.6 Å². The van der Waals surface area contributed by atoms with Crippen molar-refractivity contribution in [2.24, 2.45) is 0 Å². The second-order valence-corrected chi connectivity index (χ2v) is 27.7. The van der Waals surface area contributed by atoms with Crippen molar-refractivity contribution in [2.45, 2.75) is 316 Å². The third-order valence-electron chi connectivity index (χ3n) is 15.4. The summed E-state index contributed by atoms with van der Waals surface area (Å²) in [7, 11) is -9.97. The van der Waals surface area contributed by atoms with E-state index in [-0.39, 0.29) is 25.7 Å². The van der Waals surface area contributed by atoms with E-state index in [4.69, 9.17) is 37.0 Å². The first-order valence-corrected chi connectivity index (χ1v) is 40.8. The molecule has 0 radical (unpaired) electrons. The van der Waals surface area contributed by atoms with Gasteiger partial charge in [0.05, 0.1) is 26.4 Å². The van der Waals surface area contributed by atoms with Gasteiger partial charge in [0, 0.05) is 25.7 Å². The maximum absolute atomic E-state index is 13.1. The Kier molecular flexibility index (Phi) is 67.6. The molecule has 5 atom stereocenters. The maximum Gasteiger partial charge on any atom is 0.472 e. The molecule has 0 aromatic carbocycles. The summed E-state index contributed by atoms with van der Waals surface area (Å²) < 4.78 is 68.4. The second-order valence-electron chi connectivity index (χ2n) is 24.8. The Balaban J connectivity index is 5.38. The average molecular weight is 1420 g/mol. The number of carbonyl (C=O) groups is 4. The highest BCUT2D eigenvalue weighted by atomic mass is 31.2. The number of allylic oxidation sites excluding steroid dienone is 20. The predicted molar refractivity (Wildman–Crippen MR) is 399 cm³/mol. The molecule has 0 fully saturated rings. The summed E-state index contributed by atoms with van der Waals surface area (Å²) in [6.45, 7) is 4.48. The van der Waals surface area contributed by atoms with Gasteiger partial charge in [-0.05, 0) is 148 Å². The summed E-state index contributed by atoms with van der Waals surface area (Å²) in [6.07, 6.45) is 76.2. The molecule has 0 rings (SSSR count). The minimum absolute atomic E-state index is 0.0672. The van der Waals surface area contributed by atoms with Crippen LogP contribution in [0.5, 0.6) is 0 Å². The Labute approximate surface area is 593 Å². The number of esters is 4. The van der Waals surface area contributed by atoms with Crippen LogP contribution in [0.2, 0.25) is 0 Å². The van der Waals surface area contributed by atoms with Gasteiger partial charge >= 0.3 is 39.5 Å². The van der Waals surface area contributed by atoms with E-state index in [0.29, 0.717) is 25.7 Å². The highest BCUT2D eigenvalue weighted by Crippen LogP contribution is 2.45. The van der Waals surface area contributed by atoms with Crippen molar-refractivity contribution < 1.29 is 80.2 Å². The van der Waals surface area contributed by atoms with Crippen LogP contribution in [0.3, 0.4) is 0 Å². The van der Waals surface area contributed by atoms with Gasteiger partial charge in [0.25, 0.3) is 0 Å². The third-order valence-corrected chi connectivity index (χ3v) is 17.3. The van der Waals surface area contributed by atoms with Crippen molar-refractivity contribution in [1.29, 1.82) is 0 Å². The summed E-state index contributed by atoms with van der Waals surface area (Å²) in [5.74, 6) is -2.26. The van der Waals surface area contributed by atoms with Crippen LogP contribution in [-0.4, -0.2) is 96.7 Å². The minimum Gasteiger partial charge on any atom is -0.462 e. The SMILES string of the molecule is CC/C=C\C/C=C\C/C=C\C/C=C\CCCCC(=O)OCC(COP(=O)(O)OCC(O)COP(=O)(O)OCC(COC(=O)CCCCCCCCC/C=C\C/C=C\C/C=C\CC)OC(=O)CCCCCCC/C=C\CCCCCC)OC(=O)CCCCCCC/C=C\C/C=C\CCC. The molecular weight excluding hydrogens is 1280 g/mol. The fraction of sp³-hybridized carbons (Fsp3) is 0.696. The lowest BCUT2D eigenvalue weighted by Gasteiger charge is -2.21. The van der Waals surface area contributed by atoms with Gasteiger partial charge in [0.15, 0.2) is 12.2 Å². The van der Waals surface area contributed by atoms with Crippen LogP contribution < -0.4 is 0 Å². The van der Waals surface area contributed by atoms with Gasteiger partial charge in [-0.3, -0.25) is 37.3 Å². The van der Waals surface area contributed by atoms with Gasteiger partial charge in [-0.2, -0.15) is 0 Å². The first-order chi connectivity index (χ1) is 47.7. The molecule has 98 heavy (non-hydrogen) atoms. The molecule has 19 heteroatoms. The Morgan fingerprint density at radius 3 is 0.888 bits per heavy atom. The van der Waals surface area contributed by atoms with E-state index < -0.39 is 97.5 Å². The second kappa shape index (κ2) is 70.9. The molecule has 0 bridgehead atoms. The van der Waals surface area contributed by atoms with Crippen LogP contribution in [0.1, 0.15) is 297 Å². The largest absolute Gasteiger partial charge is 0.472 e. The summed E-state index contributed by atoms with van der Waals surface area (Å²) in [6, 6.07) is 0. The molecule has 0 aromatic heterocycles. The van der Waals surface area contributed by atoms with E-state index in [0.717, 1.165) is 193 Å². The van der Waals surface area contributed by atoms with Crippen LogP contribution in [0.15, 0.2) is 122 Å². The normalized spacial score (nSPS) is 14.6. The number of carbonyl (C=O) groups excluding carboxylic acids is 4. The minimum atomic E-state index is -4.99. The van der Waals surface area contributed by atoms with Gasteiger partial charge < -0.3 is 33.8 Å². The van der Waals surface area contributed by atoms with Crippen LogP contribution in [-0.2, 0) is 65.4 Å².